The first kappa shape index (κ1) is 25.4. The third-order valence-corrected chi connectivity index (χ3v) is 7.40. The second-order valence-corrected chi connectivity index (χ2v) is 9.78. The lowest BCUT2D eigenvalue weighted by atomic mass is 9.98. The quantitative estimate of drug-likeness (QED) is 0.426. The normalized spacial score (nSPS) is 14.9. The van der Waals surface area contributed by atoms with Gasteiger partial charge < -0.3 is 14.8 Å². The van der Waals surface area contributed by atoms with Gasteiger partial charge in [0.1, 0.15) is 5.75 Å². The van der Waals surface area contributed by atoms with Crippen molar-refractivity contribution in [2.24, 2.45) is 5.92 Å². The van der Waals surface area contributed by atoms with E-state index < -0.39 is 34.4 Å². The number of carbonyl (C=O) groups excluding carboxylic acids is 3. The van der Waals surface area contributed by atoms with E-state index >= 15 is 0 Å². The van der Waals surface area contributed by atoms with Crippen molar-refractivity contribution in [1.82, 2.24) is 4.31 Å². The van der Waals surface area contributed by atoms with Gasteiger partial charge >= 0.3 is 5.97 Å². The van der Waals surface area contributed by atoms with Crippen molar-refractivity contribution in [3.8, 4) is 5.75 Å². The smallest absolute Gasteiger partial charge is 0.309 e. The Kier molecular flexibility index (Phi) is 8.41. The van der Waals surface area contributed by atoms with E-state index in [9.17, 15) is 22.8 Å². The molecule has 3 rings (SSSR count). The zero-order valence-electron chi connectivity index (χ0n) is 19.2. The van der Waals surface area contributed by atoms with E-state index in [1.165, 1.54) is 23.4 Å². The third kappa shape index (κ3) is 6.21. The largest absolute Gasteiger partial charge is 0.494 e. The van der Waals surface area contributed by atoms with Gasteiger partial charge in [0, 0.05) is 18.7 Å². The SMILES string of the molecule is CCOc1ccc(S(=O)(=O)N2CCC(C(=O)OCC(=O)Nc3ccccc3C(C)=O)CC2)cc1. The van der Waals surface area contributed by atoms with E-state index in [-0.39, 0.29) is 23.8 Å². The number of Topliss-reactive ketones (excluding diaryl/α,β-unsaturated/α-hetero) is 1. The predicted molar refractivity (Wildman–Crippen MR) is 125 cm³/mol. The minimum absolute atomic E-state index is 0.166. The molecule has 182 valence electrons. The van der Waals surface area contributed by atoms with Gasteiger partial charge in [0.05, 0.1) is 23.1 Å². The lowest BCUT2D eigenvalue weighted by Gasteiger charge is -2.30. The van der Waals surface area contributed by atoms with E-state index in [0.29, 0.717) is 36.4 Å². The number of nitrogens with one attached hydrogen (secondary N) is 1. The fraction of sp³-hybridized carbons (Fsp3) is 0.375. The summed E-state index contributed by atoms with van der Waals surface area (Å²) in [6, 6.07) is 12.8. The predicted octanol–water partition coefficient (Wildman–Crippen LogP) is 2.87. The lowest BCUT2D eigenvalue weighted by Crippen LogP contribution is -2.40. The van der Waals surface area contributed by atoms with Gasteiger partial charge in [-0.1, -0.05) is 12.1 Å². The standard InChI is InChI=1S/C24H28N2O7S/c1-3-32-19-8-10-20(11-9-19)34(30,31)26-14-12-18(13-15-26)24(29)33-16-23(28)25-22-7-5-4-6-21(22)17(2)27/h4-11,18H,3,12-16H2,1-2H3,(H,25,28). The maximum atomic E-state index is 12.9. The number of hydrogen-bond donors (Lipinski definition) is 1. The maximum Gasteiger partial charge on any atom is 0.309 e. The van der Waals surface area contributed by atoms with Crippen LogP contribution in [0.15, 0.2) is 53.4 Å². The Morgan fingerprint density at radius 1 is 1.03 bits per heavy atom. The molecule has 2 aromatic carbocycles. The molecule has 0 atom stereocenters. The Morgan fingerprint density at radius 3 is 2.29 bits per heavy atom. The molecule has 1 heterocycles. The average molecular weight is 489 g/mol. The van der Waals surface area contributed by atoms with Gasteiger partial charge in [0.2, 0.25) is 10.0 Å². The number of para-hydroxylation sites is 1. The summed E-state index contributed by atoms with van der Waals surface area (Å²) >= 11 is 0. The monoisotopic (exact) mass is 488 g/mol. The molecule has 10 heteroatoms. The Balaban J connectivity index is 1.50. The van der Waals surface area contributed by atoms with Gasteiger partial charge in [-0.3, -0.25) is 14.4 Å². The molecule has 0 aromatic heterocycles. The van der Waals surface area contributed by atoms with Crippen molar-refractivity contribution in [3.05, 3.63) is 54.1 Å². The number of hydrogen-bond acceptors (Lipinski definition) is 7. The molecule has 0 saturated carbocycles. The van der Waals surface area contributed by atoms with Gasteiger partial charge in [-0.15, -0.1) is 0 Å². The molecule has 1 aliphatic rings. The van der Waals surface area contributed by atoms with Crippen LogP contribution in [0.4, 0.5) is 5.69 Å². The van der Waals surface area contributed by atoms with Crippen LogP contribution < -0.4 is 10.1 Å². The minimum Gasteiger partial charge on any atom is -0.494 e. The number of nitrogens with zero attached hydrogens (tertiary/aromatic N) is 1. The second kappa shape index (κ2) is 11.3. The summed E-state index contributed by atoms with van der Waals surface area (Å²) in [5.41, 5.74) is 0.715. The average Bonchev–Trinajstić information content (AvgIpc) is 2.83. The highest BCUT2D eigenvalue weighted by atomic mass is 32.2. The van der Waals surface area contributed by atoms with Crippen molar-refractivity contribution in [2.75, 3.05) is 31.6 Å². The van der Waals surface area contributed by atoms with Crippen LogP contribution in [0.1, 0.15) is 37.0 Å². The van der Waals surface area contributed by atoms with Crippen molar-refractivity contribution in [3.63, 3.8) is 0 Å². The topological polar surface area (TPSA) is 119 Å². The molecule has 0 radical (unpaired) electrons. The first-order valence-corrected chi connectivity index (χ1v) is 12.5. The fourth-order valence-corrected chi connectivity index (χ4v) is 5.17. The Bertz CT molecular complexity index is 1140. The van der Waals surface area contributed by atoms with Crippen molar-refractivity contribution in [1.29, 1.82) is 0 Å². The number of sulfonamides is 1. The number of piperidine rings is 1. The molecule has 1 saturated heterocycles. The van der Waals surface area contributed by atoms with E-state index in [2.05, 4.69) is 5.32 Å². The van der Waals surface area contributed by atoms with Crippen LogP contribution in [0, 0.1) is 5.92 Å². The van der Waals surface area contributed by atoms with Crippen LogP contribution in [-0.2, 0) is 24.3 Å². The van der Waals surface area contributed by atoms with Crippen LogP contribution in [-0.4, -0.2) is 56.7 Å². The van der Waals surface area contributed by atoms with E-state index in [4.69, 9.17) is 9.47 Å². The summed E-state index contributed by atoms with van der Waals surface area (Å²) in [4.78, 5) is 36.4. The number of ether oxygens (including phenoxy) is 2. The number of ketones is 1. The summed E-state index contributed by atoms with van der Waals surface area (Å²) in [5.74, 6) is -1.20. The summed E-state index contributed by atoms with van der Waals surface area (Å²) in [6.45, 7) is 3.59. The van der Waals surface area contributed by atoms with Crippen molar-refractivity contribution in [2.45, 2.75) is 31.6 Å². The van der Waals surface area contributed by atoms with Crippen LogP contribution >= 0.6 is 0 Å². The fourth-order valence-electron chi connectivity index (χ4n) is 3.70. The number of esters is 1. The Labute approximate surface area is 199 Å². The molecule has 1 amide bonds. The molecule has 1 aliphatic heterocycles. The molecule has 1 N–H and O–H groups in total. The molecule has 0 spiro atoms. The number of anilines is 1. The molecule has 2 aromatic rings. The molecule has 0 unspecified atom stereocenters. The van der Waals surface area contributed by atoms with Gasteiger partial charge in [0.25, 0.3) is 5.91 Å². The van der Waals surface area contributed by atoms with Crippen LogP contribution in [0.3, 0.4) is 0 Å². The van der Waals surface area contributed by atoms with Gasteiger partial charge in [-0.2, -0.15) is 4.31 Å². The van der Waals surface area contributed by atoms with Crippen molar-refractivity contribution >= 4 is 33.4 Å². The number of carbonyl (C=O) groups is 3. The van der Waals surface area contributed by atoms with Crippen LogP contribution in [0.2, 0.25) is 0 Å². The highest BCUT2D eigenvalue weighted by Gasteiger charge is 2.33. The minimum atomic E-state index is -3.68. The second-order valence-electron chi connectivity index (χ2n) is 7.84. The van der Waals surface area contributed by atoms with E-state index in [1.54, 1.807) is 36.4 Å². The summed E-state index contributed by atoms with van der Waals surface area (Å²) in [6.07, 6.45) is 0.591. The number of benzene rings is 2. The Morgan fingerprint density at radius 2 is 1.68 bits per heavy atom. The van der Waals surface area contributed by atoms with Gasteiger partial charge in [0.15, 0.2) is 12.4 Å². The molecular formula is C24H28N2O7S. The lowest BCUT2D eigenvalue weighted by molar-refractivity contribution is -0.152. The van der Waals surface area contributed by atoms with Crippen LogP contribution in [0.5, 0.6) is 5.75 Å². The zero-order chi connectivity index (χ0) is 24.7. The molecule has 0 aliphatic carbocycles. The number of rotatable bonds is 9. The highest BCUT2D eigenvalue weighted by Crippen LogP contribution is 2.26. The first-order valence-electron chi connectivity index (χ1n) is 11.0. The summed E-state index contributed by atoms with van der Waals surface area (Å²) in [7, 11) is -3.68. The first-order chi connectivity index (χ1) is 16.2. The molecular weight excluding hydrogens is 460 g/mol. The van der Waals surface area contributed by atoms with Gasteiger partial charge in [-0.25, -0.2) is 8.42 Å². The summed E-state index contributed by atoms with van der Waals surface area (Å²) in [5, 5.41) is 2.57. The maximum absolute atomic E-state index is 12.9. The molecule has 1 fully saturated rings. The summed E-state index contributed by atoms with van der Waals surface area (Å²) < 4.78 is 37.6. The third-order valence-electron chi connectivity index (χ3n) is 5.49. The Hall–Kier alpha value is -3.24. The highest BCUT2D eigenvalue weighted by molar-refractivity contribution is 7.89. The molecule has 34 heavy (non-hydrogen) atoms. The van der Waals surface area contributed by atoms with Crippen LogP contribution in [0.25, 0.3) is 0 Å². The van der Waals surface area contributed by atoms with Crippen molar-refractivity contribution < 1.29 is 32.3 Å². The molecule has 0 bridgehead atoms. The van der Waals surface area contributed by atoms with E-state index in [0.717, 1.165) is 0 Å². The van der Waals surface area contributed by atoms with E-state index in [1.807, 2.05) is 6.92 Å². The van der Waals surface area contributed by atoms with Gasteiger partial charge in [-0.05, 0) is 63.1 Å². The zero-order valence-corrected chi connectivity index (χ0v) is 20.0. The molecule has 9 nitrogen and oxygen atoms in total. The number of amides is 1.